The zero-order valence-corrected chi connectivity index (χ0v) is 9.88. The van der Waals surface area contributed by atoms with Crippen molar-refractivity contribution in [3.8, 4) is 0 Å². The number of halogens is 3. The summed E-state index contributed by atoms with van der Waals surface area (Å²) in [4.78, 5) is 0. The summed E-state index contributed by atoms with van der Waals surface area (Å²) >= 11 is 6.65. The Hall–Kier alpha value is 0.540. The number of rotatable bonds is 1. The van der Waals surface area contributed by atoms with Gasteiger partial charge in [0.25, 0.3) is 0 Å². The SMILES string of the molecule is Cc1cccc(F)c1P(Br)Br. The molecular formula is C7H6Br2FP. The van der Waals surface area contributed by atoms with E-state index in [0.717, 1.165) is 10.9 Å². The highest BCUT2D eigenvalue weighted by atomic mass is 79.9. The van der Waals surface area contributed by atoms with Crippen molar-refractivity contribution < 1.29 is 4.39 Å². The number of aryl methyl sites for hydroxylation is 1. The van der Waals surface area contributed by atoms with Crippen LogP contribution in [0.3, 0.4) is 0 Å². The molecule has 0 saturated carbocycles. The zero-order valence-electron chi connectivity index (χ0n) is 5.81. The molecule has 0 saturated heterocycles. The topological polar surface area (TPSA) is 0 Å². The van der Waals surface area contributed by atoms with Crippen molar-refractivity contribution in [1.82, 2.24) is 0 Å². The van der Waals surface area contributed by atoms with Gasteiger partial charge in [-0.1, -0.05) is 12.1 Å². The molecule has 0 bridgehead atoms. The van der Waals surface area contributed by atoms with Gasteiger partial charge in [0.2, 0.25) is 0 Å². The molecule has 0 amide bonds. The van der Waals surface area contributed by atoms with Crippen LogP contribution in [0.4, 0.5) is 4.39 Å². The van der Waals surface area contributed by atoms with Crippen LogP contribution in [0.25, 0.3) is 0 Å². The monoisotopic (exact) mass is 298 g/mol. The Morgan fingerprint density at radius 1 is 1.36 bits per heavy atom. The smallest absolute Gasteiger partial charge is 0.132 e. The summed E-state index contributed by atoms with van der Waals surface area (Å²) in [6.45, 7) is 1.90. The van der Waals surface area contributed by atoms with E-state index in [9.17, 15) is 4.39 Å². The predicted octanol–water partition coefficient (Wildman–Crippen LogP) is 3.86. The molecule has 0 aliphatic rings. The molecule has 1 aromatic rings. The van der Waals surface area contributed by atoms with Crippen LogP contribution in [-0.4, -0.2) is 0 Å². The summed E-state index contributed by atoms with van der Waals surface area (Å²) in [6.07, 6.45) is 0. The van der Waals surface area contributed by atoms with E-state index < -0.39 is 5.33 Å². The molecule has 1 aromatic carbocycles. The van der Waals surface area contributed by atoms with Crippen molar-refractivity contribution in [2.75, 3.05) is 0 Å². The fourth-order valence-corrected chi connectivity index (χ4v) is 4.11. The van der Waals surface area contributed by atoms with Crippen molar-refractivity contribution in [2.45, 2.75) is 6.92 Å². The van der Waals surface area contributed by atoms with Gasteiger partial charge in [-0.3, -0.25) is 0 Å². The van der Waals surface area contributed by atoms with Crippen LogP contribution in [0.1, 0.15) is 5.56 Å². The summed E-state index contributed by atoms with van der Waals surface area (Å²) in [7, 11) is 0. The van der Waals surface area contributed by atoms with Crippen molar-refractivity contribution in [3.63, 3.8) is 0 Å². The second-order valence-electron chi connectivity index (χ2n) is 2.14. The standard InChI is InChI=1S/C7H6Br2FP/c1-5-3-2-4-6(10)7(5)11(8)9/h2-4H,1H3. The maximum Gasteiger partial charge on any atom is 0.132 e. The normalized spacial score (nSPS) is 10.6. The van der Waals surface area contributed by atoms with E-state index >= 15 is 0 Å². The molecule has 4 heteroatoms. The summed E-state index contributed by atoms with van der Waals surface area (Å²) in [5.74, 6) is -0.148. The van der Waals surface area contributed by atoms with Crippen LogP contribution in [0.5, 0.6) is 0 Å². The van der Waals surface area contributed by atoms with E-state index in [1.807, 2.05) is 13.0 Å². The fourth-order valence-electron chi connectivity index (χ4n) is 0.837. The molecule has 0 aromatic heterocycles. The van der Waals surface area contributed by atoms with Gasteiger partial charge in [-0.15, -0.1) is 0 Å². The molecule has 0 atom stereocenters. The molecule has 0 spiro atoms. The molecule has 0 radical (unpaired) electrons. The summed E-state index contributed by atoms with van der Waals surface area (Å²) in [5.41, 5.74) is 0.977. The number of benzene rings is 1. The molecule has 0 fully saturated rings. The molecule has 1 rings (SSSR count). The highest BCUT2D eigenvalue weighted by Crippen LogP contribution is 2.51. The summed E-state index contributed by atoms with van der Waals surface area (Å²) in [6, 6.07) is 5.09. The van der Waals surface area contributed by atoms with Crippen molar-refractivity contribution >= 4 is 41.6 Å². The summed E-state index contributed by atoms with van der Waals surface area (Å²) in [5, 5.41) is 0.0512. The highest BCUT2D eigenvalue weighted by molar-refractivity contribution is 9.70. The Morgan fingerprint density at radius 3 is 2.36 bits per heavy atom. The average molecular weight is 300 g/mol. The maximum absolute atomic E-state index is 13.1. The Morgan fingerprint density at radius 2 is 2.00 bits per heavy atom. The minimum atomic E-state index is -0.687. The Labute approximate surface area is 82.4 Å². The lowest BCUT2D eigenvalue weighted by Crippen LogP contribution is -2.05. The van der Waals surface area contributed by atoms with Gasteiger partial charge in [-0.2, -0.15) is 0 Å². The second-order valence-corrected chi connectivity index (χ2v) is 10.2. The molecule has 0 nitrogen and oxygen atoms in total. The van der Waals surface area contributed by atoms with E-state index in [1.165, 1.54) is 6.07 Å². The lowest BCUT2D eigenvalue weighted by Gasteiger charge is -2.06. The summed E-state index contributed by atoms with van der Waals surface area (Å²) < 4.78 is 13.1. The van der Waals surface area contributed by atoms with Crippen molar-refractivity contribution in [1.29, 1.82) is 0 Å². The van der Waals surface area contributed by atoms with Crippen LogP contribution in [0.15, 0.2) is 18.2 Å². The third kappa shape index (κ3) is 2.24. The van der Waals surface area contributed by atoms with Gasteiger partial charge >= 0.3 is 0 Å². The lowest BCUT2D eigenvalue weighted by atomic mass is 10.2. The number of hydrogen-bond donors (Lipinski definition) is 0. The van der Waals surface area contributed by atoms with Crippen molar-refractivity contribution in [3.05, 3.63) is 29.6 Å². The van der Waals surface area contributed by atoms with Crippen LogP contribution >= 0.6 is 36.3 Å². The van der Waals surface area contributed by atoms with Crippen molar-refractivity contribution in [2.24, 2.45) is 0 Å². The van der Waals surface area contributed by atoms with Gasteiger partial charge in [-0.25, -0.2) is 4.39 Å². The van der Waals surface area contributed by atoms with Gasteiger partial charge < -0.3 is 0 Å². The second kappa shape index (κ2) is 3.97. The van der Waals surface area contributed by atoms with E-state index in [2.05, 4.69) is 31.0 Å². The van der Waals surface area contributed by atoms with Crippen LogP contribution in [0.2, 0.25) is 0 Å². The fraction of sp³-hybridized carbons (Fsp3) is 0.143. The van der Waals surface area contributed by atoms with E-state index in [0.29, 0.717) is 0 Å². The first-order valence-corrected chi connectivity index (χ1v) is 8.37. The first-order valence-electron chi connectivity index (χ1n) is 2.99. The molecule has 0 heterocycles. The molecule has 0 N–H and O–H groups in total. The van der Waals surface area contributed by atoms with Crippen LogP contribution in [0, 0.1) is 12.7 Å². The van der Waals surface area contributed by atoms with Crippen LogP contribution < -0.4 is 5.30 Å². The molecule has 0 aliphatic carbocycles. The Kier molecular flexibility index (Phi) is 3.48. The van der Waals surface area contributed by atoms with Gasteiger partial charge in [0.15, 0.2) is 0 Å². The van der Waals surface area contributed by atoms with Gasteiger partial charge in [0, 0.05) is 5.30 Å². The Balaban J connectivity index is 3.21. The molecule has 0 unspecified atom stereocenters. The minimum absolute atomic E-state index is 0.148. The lowest BCUT2D eigenvalue weighted by molar-refractivity contribution is 0.635. The van der Waals surface area contributed by atoms with Crippen LogP contribution in [-0.2, 0) is 0 Å². The molecule has 60 valence electrons. The number of hydrogen-bond acceptors (Lipinski definition) is 0. The van der Waals surface area contributed by atoms with Gasteiger partial charge in [0.05, 0.1) is 5.33 Å². The molecule has 11 heavy (non-hydrogen) atoms. The zero-order chi connectivity index (χ0) is 8.43. The third-order valence-corrected chi connectivity index (χ3v) is 4.39. The van der Waals surface area contributed by atoms with E-state index in [-0.39, 0.29) is 5.82 Å². The largest absolute Gasteiger partial charge is 0.206 e. The van der Waals surface area contributed by atoms with E-state index in [4.69, 9.17) is 0 Å². The first-order chi connectivity index (χ1) is 5.13. The third-order valence-electron chi connectivity index (χ3n) is 1.36. The minimum Gasteiger partial charge on any atom is -0.206 e. The van der Waals surface area contributed by atoms with Gasteiger partial charge in [0.1, 0.15) is 5.82 Å². The van der Waals surface area contributed by atoms with Gasteiger partial charge in [-0.05, 0) is 49.5 Å². The first kappa shape index (κ1) is 9.63. The Bertz CT molecular complexity index is 242. The predicted molar refractivity (Wildman–Crippen MR) is 55.5 cm³/mol. The molecular weight excluding hydrogens is 294 g/mol. The quantitative estimate of drug-likeness (QED) is 0.691. The van der Waals surface area contributed by atoms with E-state index in [1.54, 1.807) is 6.07 Å². The average Bonchev–Trinajstić information content (AvgIpc) is 1.85. The highest BCUT2D eigenvalue weighted by Gasteiger charge is 2.10. The maximum atomic E-state index is 13.1. The molecule has 0 aliphatic heterocycles.